The molecule has 0 bridgehead atoms. The maximum absolute atomic E-state index is 12.5. The number of aryl methyl sites for hydroxylation is 3. The molecule has 6 nitrogen and oxygen atoms in total. The number of aromatic nitrogens is 4. The number of nitrogens with one attached hydrogen (secondary N) is 1. The Morgan fingerprint density at radius 2 is 2.00 bits per heavy atom. The third-order valence-electron chi connectivity index (χ3n) is 5.17. The molecule has 1 aliphatic carbocycles. The van der Waals surface area contributed by atoms with Crippen LogP contribution in [-0.4, -0.2) is 25.5 Å². The SMILES string of the molecule is Cc1cnn(C2CCCC2)c1NC(=O)CCc1c(C)nn(C)c1C. The van der Waals surface area contributed by atoms with Gasteiger partial charge in [0.25, 0.3) is 0 Å². The van der Waals surface area contributed by atoms with E-state index in [0.717, 1.165) is 35.6 Å². The zero-order valence-electron chi connectivity index (χ0n) is 15.1. The Labute approximate surface area is 143 Å². The summed E-state index contributed by atoms with van der Waals surface area (Å²) in [6.45, 7) is 6.05. The van der Waals surface area contributed by atoms with Gasteiger partial charge >= 0.3 is 0 Å². The summed E-state index contributed by atoms with van der Waals surface area (Å²) in [4.78, 5) is 12.5. The Hall–Kier alpha value is -2.11. The lowest BCUT2D eigenvalue weighted by Crippen LogP contribution is -2.18. The summed E-state index contributed by atoms with van der Waals surface area (Å²) in [5, 5.41) is 12.0. The molecule has 2 aromatic rings. The smallest absolute Gasteiger partial charge is 0.225 e. The average Bonchev–Trinajstić information content (AvgIpc) is 3.22. The molecule has 1 saturated carbocycles. The second-order valence-electron chi connectivity index (χ2n) is 6.88. The Morgan fingerprint density at radius 1 is 1.29 bits per heavy atom. The predicted molar refractivity (Wildman–Crippen MR) is 94.1 cm³/mol. The van der Waals surface area contributed by atoms with Crippen LogP contribution in [0.4, 0.5) is 5.82 Å². The van der Waals surface area contributed by atoms with Crippen molar-refractivity contribution in [3.05, 3.63) is 28.7 Å². The molecular weight excluding hydrogens is 302 g/mol. The van der Waals surface area contributed by atoms with E-state index in [4.69, 9.17) is 0 Å². The van der Waals surface area contributed by atoms with E-state index in [0.29, 0.717) is 18.9 Å². The van der Waals surface area contributed by atoms with Gasteiger partial charge in [-0.25, -0.2) is 4.68 Å². The summed E-state index contributed by atoms with van der Waals surface area (Å²) in [7, 11) is 1.94. The molecule has 0 atom stereocenters. The van der Waals surface area contributed by atoms with Gasteiger partial charge in [-0.3, -0.25) is 9.48 Å². The third kappa shape index (κ3) is 3.23. The molecule has 1 aliphatic rings. The van der Waals surface area contributed by atoms with Crippen LogP contribution in [0.2, 0.25) is 0 Å². The second kappa shape index (κ2) is 6.79. The fourth-order valence-electron chi connectivity index (χ4n) is 3.64. The molecule has 2 heterocycles. The van der Waals surface area contributed by atoms with Crippen molar-refractivity contribution in [2.24, 2.45) is 7.05 Å². The third-order valence-corrected chi connectivity index (χ3v) is 5.17. The molecule has 1 N–H and O–H groups in total. The van der Waals surface area contributed by atoms with Gasteiger partial charge in [-0.1, -0.05) is 12.8 Å². The molecule has 130 valence electrons. The summed E-state index contributed by atoms with van der Waals surface area (Å²) < 4.78 is 3.89. The molecule has 3 rings (SSSR count). The van der Waals surface area contributed by atoms with Crippen molar-refractivity contribution < 1.29 is 4.79 Å². The van der Waals surface area contributed by atoms with Gasteiger partial charge in [-0.05, 0) is 45.6 Å². The predicted octanol–water partition coefficient (Wildman–Crippen LogP) is 3.23. The van der Waals surface area contributed by atoms with E-state index in [1.807, 2.05) is 43.4 Å². The summed E-state index contributed by atoms with van der Waals surface area (Å²) in [6.07, 6.45) is 7.82. The molecule has 0 unspecified atom stereocenters. The summed E-state index contributed by atoms with van der Waals surface area (Å²) in [5.74, 6) is 0.909. The summed E-state index contributed by atoms with van der Waals surface area (Å²) in [6, 6.07) is 0.428. The lowest BCUT2D eigenvalue weighted by molar-refractivity contribution is -0.116. The van der Waals surface area contributed by atoms with Crippen LogP contribution in [0.5, 0.6) is 0 Å². The Bertz CT molecular complexity index is 737. The van der Waals surface area contributed by atoms with Crippen molar-refractivity contribution >= 4 is 11.7 Å². The number of amides is 1. The monoisotopic (exact) mass is 329 g/mol. The second-order valence-corrected chi connectivity index (χ2v) is 6.88. The molecule has 0 aliphatic heterocycles. The first-order chi connectivity index (χ1) is 11.5. The van der Waals surface area contributed by atoms with Crippen molar-refractivity contribution in [2.75, 3.05) is 5.32 Å². The van der Waals surface area contributed by atoms with Crippen LogP contribution < -0.4 is 5.32 Å². The van der Waals surface area contributed by atoms with Crippen LogP contribution in [0, 0.1) is 20.8 Å². The molecule has 0 spiro atoms. The van der Waals surface area contributed by atoms with Gasteiger partial charge in [0.1, 0.15) is 5.82 Å². The van der Waals surface area contributed by atoms with Crippen molar-refractivity contribution in [2.45, 2.75) is 65.3 Å². The highest BCUT2D eigenvalue weighted by atomic mass is 16.1. The van der Waals surface area contributed by atoms with Crippen molar-refractivity contribution in [3.8, 4) is 0 Å². The fourth-order valence-corrected chi connectivity index (χ4v) is 3.64. The molecule has 6 heteroatoms. The van der Waals surface area contributed by atoms with Crippen molar-refractivity contribution in [1.29, 1.82) is 0 Å². The van der Waals surface area contributed by atoms with E-state index >= 15 is 0 Å². The first-order valence-corrected chi connectivity index (χ1v) is 8.80. The number of carbonyl (C=O) groups excluding carboxylic acids is 1. The van der Waals surface area contributed by atoms with Crippen LogP contribution in [0.3, 0.4) is 0 Å². The van der Waals surface area contributed by atoms with Crippen LogP contribution in [0.15, 0.2) is 6.20 Å². The average molecular weight is 329 g/mol. The number of carbonyl (C=O) groups is 1. The molecule has 0 saturated heterocycles. The molecule has 0 radical (unpaired) electrons. The first-order valence-electron chi connectivity index (χ1n) is 8.80. The Balaban J connectivity index is 1.66. The van der Waals surface area contributed by atoms with Crippen LogP contribution >= 0.6 is 0 Å². The maximum Gasteiger partial charge on any atom is 0.225 e. The number of hydrogen-bond donors (Lipinski definition) is 1. The fraction of sp³-hybridized carbons (Fsp3) is 0.611. The van der Waals surface area contributed by atoms with Crippen molar-refractivity contribution in [3.63, 3.8) is 0 Å². The van der Waals surface area contributed by atoms with Gasteiger partial charge in [0.2, 0.25) is 5.91 Å². The van der Waals surface area contributed by atoms with Crippen LogP contribution in [0.25, 0.3) is 0 Å². The summed E-state index contributed by atoms with van der Waals surface area (Å²) >= 11 is 0. The number of rotatable bonds is 5. The molecule has 24 heavy (non-hydrogen) atoms. The van der Waals surface area contributed by atoms with E-state index in [1.54, 1.807) is 0 Å². The number of anilines is 1. The van der Waals surface area contributed by atoms with Gasteiger partial charge in [0.05, 0.1) is 17.9 Å². The van der Waals surface area contributed by atoms with Crippen LogP contribution in [-0.2, 0) is 18.3 Å². The Kier molecular flexibility index (Phi) is 4.73. The minimum atomic E-state index is 0.0421. The topological polar surface area (TPSA) is 64.7 Å². The van der Waals surface area contributed by atoms with Gasteiger partial charge in [-0.2, -0.15) is 10.2 Å². The van der Waals surface area contributed by atoms with Gasteiger partial charge in [0.15, 0.2) is 0 Å². The van der Waals surface area contributed by atoms with Crippen LogP contribution in [0.1, 0.15) is 60.7 Å². The van der Waals surface area contributed by atoms with E-state index < -0.39 is 0 Å². The number of nitrogens with zero attached hydrogens (tertiary/aromatic N) is 4. The maximum atomic E-state index is 12.5. The quantitative estimate of drug-likeness (QED) is 0.916. The highest BCUT2D eigenvalue weighted by molar-refractivity contribution is 5.90. The Morgan fingerprint density at radius 3 is 2.62 bits per heavy atom. The largest absolute Gasteiger partial charge is 0.311 e. The minimum Gasteiger partial charge on any atom is -0.311 e. The standard InChI is InChI=1S/C18H27N5O/c1-12-11-19-23(15-7-5-6-8-15)18(12)20-17(24)10-9-16-13(2)21-22(4)14(16)3/h11,15H,5-10H2,1-4H3,(H,20,24). The first kappa shape index (κ1) is 16.7. The van der Waals surface area contributed by atoms with Gasteiger partial charge in [0, 0.05) is 24.7 Å². The lowest BCUT2D eigenvalue weighted by Gasteiger charge is -2.15. The normalized spacial score (nSPS) is 15.2. The molecule has 2 aromatic heterocycles. The molecule has 1 fully saturated rings. The van der Waals surface area contributed by atoms with E-state index in [2.05, 4.69) is 15.5 Å². The highest BCUT2D eigenvalue weighted by Crippen LogP contribution is 2.32. The zero-order chi connectivity index (χ0) is 17.3. The van der Waals surface area contributed by atoms with Gasteiger partial charge < -0.3 is 5.32 Å². The van der Waals surface area contributed by atoms with E-state index in [1.165, 1.54) is 18.4 Å². The lowest BCUT2D eigenvalue weighted by atomic mass is 10.1. The van der Waals surface area contributed by atoms with E-state index in [-0.39, 0.29) is 5.91 Å². The van der Waals surface area contributed by atoms with Gasteiger partial charge in [-0.15, -0.1) is 0 Å². The highest BCUT2D eigenvalue weighted by Gasteiger charge is 2.22. The molecular formula is C18H27N5O. The number of hydrogen-bond acceptors (Lipinski definition) is 3. The molecule has 0 aromatic carbocycles. The summed E-state index contributed by atoms with van der Waals surface area (Å²) in [5.41, 5.74) is 4.35. The van der Waals surface area contributed by atoms with Crippen molar-refractivity contribution in [1.82, 2.24) is 19.6 Å². The minimum absolute atomic E-state index is 0.0421. The molecule has 1 amide bonds. The van der Waals surface area contributed by atoms with E-state index in [9.17, 15) is 4.79 Å². The zero-order valence-corrected chi connectivity index (χ0v) is 15.1.